The minimum atomic E-state index is -0.905. The molecule has 104 valence electrons. The maximum atomic E-state index is 12.5. The second-order valence-corrected chi connectivity index (χ2v) is 5.12. The molecule has 1 atom stereocenters. The van der Waals surface area contributed by atoms with E-state index in [1.165, 1.54) is 0 Å². The van der Waals surface area contributed by atoms with E-state index in [0.29, 0.717) is 13.0 Å². The summed E-state index contributed by atoms with van der Waals surface area (Å²) in [4.78, 5) is 16.6. The number of amides is 1. The Morgan fingerprint density at radius 2 is 2.06 bits per heavy atom. The van der Waals surface area contributed by atoms with E-state index >= 15 is 0 Å². The summed E-state index contributed by atoms with van der Waals surface area (Å²) in [5.74, 6) is -0.0526. The van der Waals surface area contributed by atoms with Crippen molar-refractivity contribution in [2.24, 2.45) is 16.3 Å². The molecule has 6 nitrogen and oxygen atoms in total. The first-order valence-electron chi connectivity index (χ1n) is 6.41. The smallest absolute Gasteiger partial charge is 0.236 e. The van der Waals surface area contributed by atoms with E-state index in [9.17, 15) is 4.79 Å². The third kappa shape index (κ3) is 2.93. The highest BCUT2D eigenvalue weighted by Crippen LogP contribution is 2.25. The molecule has 0 radical (unpaired) electrons. The van der Waals surface area contributed by atoms with Gasteiger partial charge in [0.1, 0.15) is 5.41 Å². The van der Waals surface area contributed by atoms with Crippen molar-refractivity contribution in [3.8, 4) is 0 Å². The van der Waals surface area contributed by atoms with Gasteiger partial charge in [-0.15, -0.1) is 0 Å². The molecule has 0 aromatic heterocycles. The molecule has 18 heavy (non-hydrogen) atoms. The maximum absolute atomic E-state index is 12.5. The summed E-state index contributed by atoms with van der Waals surface area (Å²) >= 11 is 0. The molecule has 3 N–H and O–H groups in total. The Labute approximate surface area is 108 Å². The molecule has 0 saturated carbocycles. The standard InChI is InChI=1S/C12H24N4O2/c1-4-12(2,10(13)14-18)11(17)16-7-5-6-15(3)8-9-16/h18H,4-9H2,1-3H3,(H2,13,14). The van der Waals surface area contributed by atoms with Gasteiger partial charge in [-0.05, 0) is 33.4 Å². The van der Waals surface area contributed by atoms with Crippen molar-refractivity contribution in [1.29, 1.82) is 0 Å². The molecule has 1 unspecified atom stereocenters. The lowest BCUT2D eigenvalue weighted by Gasteiger charge is -2.32. The lowest BCUT2D eigenvalue weighted by molar-refractivity contribution is -0.137. The SMILES string of the molecule is CCC(C)(C(=O)N1CCCN(C)CC1)C(N)=NO. The Morgan fingerprint density at radius 3 is 2.61 bits per heavy atom. The van der Waals surface area contributed by atoms with Gasteiger partial charge in [-0.3, -0.25) is 4.79 Å². The minimum Gasteiger partial charge on any atom is -0.409 e. The first-order chi connectivity index (χ1) is 8.45. The van der Waals surface area contributed by atoms with Gasteiger partial charge in [-0.2, -0.15) is 0 Å². The van der Waals surface area contributed by atoms with Crippen LogP contribution in [0.1, 0.15) is 26.7 Å². The molecular formula is C12H24N4O2. The van der Waals surface area contributed by atoms with Crippen LogP contribution in [0.2, 0.25) is 0 Å². The molecule has 1 aliphatic rings. The predicted octanol–water partition coefficient (Wildman–Crippen LogP) is 0.313. The minimum absolute atomic E-state index is 0.00685. The number of likely N-dealkylation sites (N-methyl/N-ethyl adjacent to an activating group) is 1. The van der Waals surface area contributed by atoms with Gasteiger partial charge < -0.3 is 20.7 Å². The predicted molar refractivity (Wildman–Crippen MR) is 70.5 cm³/mol. The van der Waals surface area contributed by atoms with E-state index in [2.05, 4.69) is 17.1 Å². The average molecular weight is 256 g/mol. The Balaban J connectivity index is 2.84. The average Bonchev–Trinajstić information content (AvgIpc) is 2.60. The lowest BCUT2D eigenvalue weighted by Crippen LogP contribution is -2.50. The summed E-state index contributed by atoms with van der Waals surface area (Å²) < 4.78 is 0. The van der Waals surface area contributed by atoms with Crippen LogP contribution < -0.4 is 5.73 Å². The molecule has 0 bridgehead atoms. The van der Waals surface area contributed by atoms with Crippen molar-refractivity contribution in [2.75, 3.05) is 33.2 Å². The van der Waals surface area contributed by atoms with Crippen LogP contribution in [0.15, 0.2) is 5.16 Å². The monoisotopic (exact) mass is 256 g/mol. The number of nitrogens with two attached hydrogens (primary N) is 1. The Hall–Kier alpha value is -1.30. The van der Waals surface area contributed by atoms with Crippen LogP contribution in [0, 0.1) is 5.41 Å². The van der Waals surface area contributed by atoms with E-state index in [1.54, 1.807) is 6.92 Å². The van der Waals surface area contributed by atoms with Crippen molar-refractivity contribution < 1.29 is 10.0 Å². The molecule has 1 heterocycles. The summed E-state index contributed by atoms with van der Waals surface area (Å²) in [5.41, 5.74) is 4.77. The Kier molecular flexibility index (Phi) is 4.95. The highest BCUT2D eigenvalue weighted by molar-refractivity contribution is 6.06. The zero-order valence-electron chi connectivity index (χ0n) is 11.5. The van der Waals surface area contributed by atoms with Crippen LogP contribution in [0.3, 0.4) is 0 Å². The molecule has 0 spiro atoms. The van der Waals surface area contributed by atoms with Crippen molar-refractivity contribution >= 4 is 11.7 Å². The second-order valence-electron chi connectivity index (χ2n) is 5.12. The quantitative estimate of drug-likeness (QED) is 0.329. The number of oxime groups is 1. The molecule has 1 amide bonds. The van der Waals surface area contributed by atoms with Gasteiger partial charge in [0.15, 0.2) is 5.84 Å². The summed E-state index contributed by atoms with van der Waals surface area (Å²) in [5, 5.41) is 11.9. The fraction of sp³-hybridized carbons (Fsp3) is 0.833. The Morgan fingerprint density at radius 1 is 1.39 bits per heavy atom. The number of hydrogen-bond acceptors (Lipinski definition) is 4. The van der Waals surface area contributed by atoms with Gasteiger partial charge in [0, 0.05) is 19.6 Å². The van der Waals surface area contributed by atoms with Gasteiger partial charge in [-0.1, -0.05) is 12.1 Å². The summed E-state index contributed by atoms with van der Waals surface area (Å²) in [7, 11) is 2.05. The molecule has 1 fully saturated rings. The maximum Gasteiger partial charge on any atom is 0.236 e. The molecular weight excluding hydrogens is 232 g/mol. The molecule has 6 heteroatoms. The van der Waals surface area contributed by atoms with E-state index in [1.807, 2.05) is 11.8 Å². The number of carbonyl (C=O) groups excluding carboxylic acids is 1. The van der Waals surface area contributed by atoms with Gasteiger partial charge in [0.05, 0.1) is 0 Å². The van der Waals surface area contributed by atoms with Gasteiger partial charge in [0.2, 0.25) is 5.91 Å². The van der Waals surface area contributed by atoms with Crippen LogP contribution >= 0.6 is 0 Å². The third-order valence-corrected chi connectivity index (χ3v) is 3.86. The number of rotatable bonds is 3. The van der Waals surface area contributed by atoms with E-state index < -0.39 is 5.41 Å². The summed E-state index contributed by atoms with van der Waals surface area (Å²) in [6.07, 6.45) is 1.48. The Bertz CT molecular complexity index is 332. The van der Waals surface area contributed by atoms with E-state index in [-0.39, 0.29) is 11.7 Å². The van der Waals surface area contributed by atoms with Crippen LogP contribution in [0.4, 0.5) is 0 Å². The van der Waals surface area contributed by atoms with E-state index in [4.69, 9.17) is 10.9 Å². The molecule has 0 aromatic carbocycles. The molecule has 1 saturated heterocycles. The number of amidine groups is 1. The number of carbonyl (C=O) groups is 1. The van der Waals surface area contributed by atoms with Crippen LogP contribution in [0.5, 0.6) is 0 Å². The highest BCUT2D eigenvalue weighted by Gasteiger charge is 2.39. The zero-order valence-corrected chi connectivity index (χ0v) is 11.5. The molecule has 0 aliphatic carbocycles. The molecule has 1 rings (SSSR count). The fourth-order valence-electron chi connectivity index (χ4n) is 2.15. The summed E-state index contributed by atoms with van der Waals surface area (Å²) in [6, 6.07) is 0. The van der Waals surface area contributed by atoms with Crippen molar-refractivity contribution in [2.45, 2.75) is 26.7 Å². The summed E-state index contributed by atoms with van der Waals surface area (Å²) in [6.45, 7) is 6.90. The van der Waals surface area contributed by atoms with Crippen molar-refractivity contribution in [1.82, 2.24) is 9.80 Å². The van der Waals surface area contributed by atoms with E-state index in [0.717, 1.165) is 26.1 Å². The van der Waals surface area contributed by atoms with Crippen LogP contribution in [-0.4, -0.2) is 60.0 Å². The van der Waals surface area contributed by atoms with Crippen LogP contribution in [0.25, 0.3) is 0 Å². The topological polar surface area (TPSA) is 82.2 Å². The van der Waals surface area contributed by atoms with Gasteiger partial charge in [0.25, 0.3) is 0 Å². The lowest BCUT2D eigenvalue weighted by atomic mass is 9.84. The molecule has 1 aliphatic heterocycles. The number of nitrogens with zero attached hydrogens (tertiary/aromatic N) is 3. The second kappa shape index (κ2) is 6.04. The van der Waals surface area contributed by atoms with Gasteiger partial charge >= 0.3 is 0 Å². The highest BCUT2D eigenvalue weighted by atomic mass is 16.4. The molecule has 0 aromatic rings. The normalized spacial score (nSPS) is 22.4. The number of hydrogen-bond donors (Lipinski definition) is 2. The first kappa shape index (κ1) is 14.8. The zero-order chi connectivity index (χ0) is 13.8. The van der Waals surface area contributed by atoms with Crippen molar-refractivity contribution in [3.05, 3.63) is 0 Å². The largest absolute Gasteiger partial charge is 0.409 e. The van der Waals surface area contributed by atoms with Crippen molar-refractivity contribution in [3.63, 3.8) is 0 Å². The van der Waals surface area contributed by atoms with Gasteiger partial charge in [-0.25, -0.2) is 0 Å². The third-order valence-electron chi connectivity index (χ3n) is 3.86. The first-order valence-corrected chi connectivity index (χ1v) is 6.41. The van der Waals surface area contributed by atoms with Crippen LogP contribution in [-0.2, 0) is 4.79 Å². The fourth-order valence-corrected chi connectivity index (χ4v) is 2.15.